The topological polar surface area (TPSA) is 49.4 Å². The number of halogens is 1. The summed E-state index contributed by atoms with van der Waals surface area (Å²) in [6, 6.07) is -0.312. The predicted octanol–water partition coefficient (Wildman–Crippen LogP) is 0.476. The highest BCUT2D eigenvalue weighted by atomic mass is 35.5. The van der Waals surface area contributed by atoms with Crippen molar-refractivity contribution in [2.75, 3.05) is 13.6 Å². The van der Waals surface area contributed by atoms with Crippen LogP contribution in [0.5, 0.6) is 0 Å². The Hall–Kier alpha value is -0.870. The molecule has 1 aliphatic heterocycles. The third kappa shape index (κ3) is 2.56. The zero-order valence-corrected chi connectivity index (χ0v) is 8.80. The Morgan fingerprint density at radius 3 is 2.93 bits per heavy atom. The monoisotopic (exact) mass is 216 g/mol. The smallest absolute Gasteiger partial charge is 0.246 e. The van der Waals surface area contributed by atoms with Gasteiger partial charge in [0.05, 0.1) is 6.04 Å². The summed E-state index contributed by atoms with van der Waals surface area (Å²) in [5.41, 5.74) is 0. The average molecular weight is 217 g/mol. The lowest BCUT2D eigenvalue weighted by molar-refractivity contribution is -0.147. The average Bonchev–Trinajstić information content (AvgIpc) is 2.13. The van der Waals surface area contributed by atoms with Crippen molar-refractivity contribution in [1.29, 1.82) is 0 Å². The molecule has 1 unspecified atom stereocenters. The van der Waals surface area contributed by atoms with E-state index in [-0.39, 0.29) is 17.9 Å². The molecule has 78 valence electrons. The molecule has 0 spiro atoms. The molecule has 0 aliphatic carbocycles. The zero-order valence-electron chi connectivity index (χ0n) is 8.05. The highest BCUT2D eigenvalue weighted by molar-refractivity contribution is 6.29. The van der Waals surface area contributed by atoms with Crippen molar-refractivity contribution in [3.8, 4) is 0 Å². The molecule has 0 aromatic carbocycles. The molecule has 0 saturated carbocycles. The number of nitrogens with zero attached hydrogens (tertiary/aromatic N) is 1. The number of carbonyl (C=O) groups is 2. The van der Waals surface area contributed by atoms with Gasteiger partial charge in [0.25, 0.3) is 0 Å². The lowest BCUT2D eigenvalue weighted by Crippen LogP contribution is -2.51. The molecule has 14 heavy (non-hydrogen) atoms. The minimum absolute atomic E-state index is 0.127. The van der Waals surface area contributed by atoms with Crippen LogP contribution in [-0.4, -0.2) is 36.3 Å². The van der Waals surface area contributed by atoms with Gasteiger partial charge in [0.1, 0.15) is 0 Å². The van der Waals surface area contributed by atoms with E-state index in [4.69, 9.17) is 11.6 Å². The number of rotatable bonds is 3. The van der Waals surface area contributed by atoms with Gasteiger partial charge in [-0.15, -0.1) is 0 Å². The molecule has 1 rings (SSSR count). The second-order valence-electron chi connectivity index (χ2n) is 3.28. The van der Waals surface area contributed by atoms with Gasteiger partial charge in [-0.3, -0.25) is 14.5 Å². The van der Waals surface area contributed by atoms with Crippen LogP contribution >= 0.6 is 11.6 Å². The Morgan fingerprint density at radius 2 is 2.36 bits per heavy atom. The molecule has 0 aromatic heterocycles. The second kappa shape index (κ2) is 4.57. The molecular formula is C9H13ClN2O2. The number of imide groups is 1. The van der Waals surface area contributed by atoms with Gasteiger partial charge in [0.2, 0.25) is 11.8 Å². The Bertz CT molecular complexity index is 278. The van der Waals surface area contributed by atoms with Gasteiger partial charge in [-0.2, -0.15) is 0 Å². The van der Waals surface area contributed by atoms with E-state index in [2.05, 4.69) is 11.9 Å². The normalized spacial score (nSPS) is 22.7. The van der Waals surface area contributed by atoms with Crippen LogP contribution in [0.3, 0.4) is 0 Å². The Kier molecular flexibility index (Phi) is 3.66. The van der Waals surface area contributed by atoms with E-state index in [1.807, 2.05) is 0 Å². The fourth-order valence-corrected chi connectivity index (χ4v) is 1.42. The predicted molar refractivity (Wildman–Crippen MR) is 53.8 cm³/mol. The molecule has 5 heteroatoms. The van der Waals surface area contributed by atoms with Crippen molar-refractivity contribution in [3.05, 3.63) is 11.6 Å². The first-order valence-corrected chi connectivity index (χ1v) is 4.77. The molecule has 1 heterocycles. The number of likely N-dealkylation sites (N-methyl/N-ethyl adjacent to an activating group) is 1. The van der Waals surface area contributed by atoms with Crippen LogP contribution < -0.4 is 5.32 Å². The van der Waals surface area contributed by atoms with Crippen molar-refractivity contribution >= 4 is 23.4 Å². The quantitative estimate of drug-likeness (QED) is 0.698. The molecule has 1 N–H and O–H groups in total. The fourth-order valence-electron chi connectivity index (χ4n) is 1.34. The molecule has 1 saturated heterocycles. The first-order valence-electron chi connectivity index (χ1n) is 4.39. The van der Waals surface area contributed by atoms with E-state index in [0.717, 1.165) is 4.90 Å². The number of hydrogen-bond acceptors (Lipinski definition) is 3. The highest BCUT2D eigenvalue weighted by Crippen LogP contribution is 2.11. The van der Waals surface area contributed by atoms with Gasteiger partial charge in [0.15, 0.2) is 0 Å². The van der Waals surface area contributed by atoms with Crippen LogP contribution in [0.25, 0.3) is 0 Å². The summed E-state index contributed by atoms with van der Waals surface area (Å²) in [6.07, 6.45) is 0.931. The molecular weight excluding hydrogens is 204 g/mol. The van der Waals surface area contributed by atoms with Crippen molar-refractivity contribution in [2.45, 2.75) is 18.9 Å². The molecule has 4 nitrogen and oxygen atoms in total. The van der Waals surface area contributed by atoms with Crippen molar-refractivity contribution in [2.24, 2.45) is 0 Å². The number of piperidine rings is 1. The van der Waals surface area contributed by atoms with E-state index >= 15 is 0 Å². The summed E-state index contributed by atoms with van der Waals surface area (Å²) in [5, 5.41) is 3.40. The molecule has 2 amide bonds. The lowest BCUT2D eigenvalue weighted by atomic mass is 10.0. The molecule has 1 fully saturated rings. The largest absolute Gasteiger partial charge is 0.301 e. The fraction of sp³-hybridized carbons (Fsp3) is 0.556. The molecule has 1 aliphatic rings. The summed E-state index contributed by atoms with van der Waals surface area (Å²) in [7, 11) is 1.49. The van der Waals surface area contributed by atoms with E-state index < -0.39 is 0 Å². The minimum Gasteiger partial charge on any atom is -0.301 e. The standard InChI is InChI=1S/C9H13ClN2O2/c1-6(10)5-11-7-3-4-8(13)12(2)9(7)14/h7,11H,1,3-5H2,2H3. The van der Waals surface area contributed by atoms with Crippen LogP contribution in [0, 0.1) is 0 Å². The molecule has 0 bridgehead atoms. The van der Waals surface area contributed by atoms with E-state index in [9.17, 15) is 9.59 Å². The SMILES string of the molecule is C=C(Cl)CNC1CCC(=O)N(C)C1=O. The van der Waals surface area contributed by atoms with E-state index in [1.165, 1.54) is 7.05 Å². The van der Waals surface area contributed by atoms with Gasteiger partial charge in [-0.1, -0.05) is 18.2 Å². The lowest BCUT2D eigenvalue weighted by Gasteiger charge is -2.28. The summed E-state index contributed by atoms with van der Waals surface area (Å²) >= 11 is 5.56. The second-order valence-corrected chi connectivity index (χ2v) is 3.81. The number of likely N-dealkylation sites (tertiary alicyclic amines) is 1. The Balaban J connectivity index is 2.51. The van der Waals surface area contributed by atoms with E-state index in [0.29, 0.717) is 24.4 Å². The van der Waals surface area contributed by atoms with Gasteiger partial charge in [-0.05, 0) is 6.42 Å². The first-order chi connectivity index (χ1) is 6.52. The van der Waals surface area contributed by atoms with Crippen molar-refractivity contribution < 1.29 is 9.59 Å². The highest BCUT2D eigenvalue weighted by Gasteiger charge is 2.30. The third-order valence-corrected chi connectivity index (χ3v) is 2.32. The number of nitrogens with one attached hydrogen (secondary N) is 1. The van der Waals surface area contributed by atoms with Gasteiger partial charge in [0, 0.05) is 25.0 Å². The van der Waals surface area contributed by atoms with Crippen LogP contribution in [0.1, 0.15) is 12.8 Å². The van der Waals surface area contributed by atoms with Gasteiger partial charge >= 0.3 is 0 Å². The number of amides is 2. The summed E-state index contributed by atoms with van der Waals surface area (Å²) in [5.74, 6) is -0.322. The van der Waals surface area contributed by atoms with Crippen molar-refractivity contribution in [3.63, 3.8) is 0 Å². The van der Waals surface area contributed by atoms with Gasteiger partial charge < -0.3 is 5.32 Å². The Morgan fingerprint density at radius 1 is 1.71 bits per heavy atom. The summed E-state index contributed by atoms with van der Waals surface area (Å²) in [4.78, 5) is 23.8. The summed E-state index contributed by atoms with van der Waals surface area (Å²) < 4.78 is 0. The molecule has 1 atom stereocenters. The van der Waals surface area contributed by atoms with Crippen LogP contribution in [0.15, 0.2) is 11.6 Å². The maximum atomic E-state index is 11.5. The van der Waals surface area contributed by atoms with Gasteiger partial charge in [-0.25, -0.2) is 0 Å². The number of carbonyl (C=O) groups excluding carboxylic acids is 2. The first kappa shape index (κ1) is 11.2. The van der Waals surface area contributed by atoms with Crippen LogP contribution in [0.2, 0.25) is 0 Å². The molecule has 0 aromatic rings. The zero-order chi connectivity index (χ0) is 10.7. The summed E-state index contributed by atoms with van der Waals surface area (Å²) in [6.45, 7) is 3.90. The van der Waals surface area contributed by atoms with Crippen LogP contribution in [-0.2, 0) is 9.59 Å². The minimum atomic E-state index is -0.312. The molecule has 0 radical (unpaired) electrons. The van der Waals surface area contributed by atoms with Crippen molar-refractivity contribution in [1.82, 2.24) is 10.2 Å². The Labute approximate surface area is 87.9 Å². The van der Waals surface area contributed by atoms with E-state index in [1.54, 1.807) is 0 Å². The third-order valence-electron chi connectivity index (χ3n) is 2.19. The number of hydrogen-bond donors (Lipinski definition) is 1. The maximum Gasteiger partial charge on any atom is 0.246 e. The van der Waals surface area contributed by atoms with Crippen LogP contribution in [0.4, 0.5) is 0 Å². The maximum absolute atomic E-state index is 11.5.